The van der Waals surface area contributed by atoms with Crippen LogP contribution in [0.15, 0.2) is 0 Å². The van der Waals surface area contributed by atoms with E-state index in [0.717, 1.165) is 5.75 Å². The predicted molar refractivity (Wildman–Crippen MR) is 45.8 cm³/mol. The molecule has 68 valence electrons. The third-order valence-electron chi connectivity index (χ3n) is 1.13. The van der Waals surface area contributed by atoms with Crippen LogP contribution >= 0.6 is 11.8 Å². The van der Waals surface area contributed by atoms with Gasteiger partial charge in [-0.25, -0.2) is 4.79 Å². The number of rotatable bonds is 5. The summed E-state index contributed by atoms with van der Waals surface area (Å²) in [5, 5.41) is 7.99. The molecule has 3 N–H and O–H groups in total. The second kappa shape index (κ2) is 6.76. The number of thioether (sulfide) groups is 1. The van der Waals surface area contributed by atoms with Crippen molar-refractivity contribution in [1.29, 1.82) is 5.26 Å². The van der Waals surface area contributed by atoms with Crippen LogP contribution in [0.5, 0.6) is 0 Å². The number of carbonyl (C=O) groups excluding carboxylic acids is 1. The molecule has 0 aromatic rings. The van der Waals surface area contributed by atoms with E-state index in [1.165, 1.54) is 6.19 Å². The fourth-order valence-electron chi connectivity index (χ4n) is 0.511. The molecule has 0 unspecified atom stereocenters. The van der Waals surface area contributed by atoms with Gasteiger partial charge in [-0.1, -0.05) is 0 Å². The van der Waals surface area contributed by atoms with Crippen molar-refractivity contribution in [3.63, 3.8) is 0 Å². The fourth-order valence-corrected chi connectivity index (χ4v) is 1.00. The lowest BCUT2D eigenvalue weighted by Crippen LogP contribution is -2.35. The predicted octanol–water partition coefficient (Wildman–Crippen LogP) is -0.404. The lowest BCUT2D eigenvalue weighted by molar-refractivity contribution is -0.150. The zero-order valence-corrected chi connectivity index (χ0v) is 7.56. The van der Waals surface area contributed by atoms with Crippen LogP contribution in [0.25, 0.3) is 0 Å². The molecule has 0 saturated heterocycles. The molecule has 0 saturated carbocycles. The minimum absolute atomic E-state index is 0.549. The van der Waals surface area contributed by atoms with Crippen molar-refractivity contribution in [2.24, 2.45) is 5.73 Å². The van der Waals surface area contributed by atoms with Gasteiger partial charge >= 0.3 is 5.97 Å². The maximum absolute atomic E-state index is 10.8. The molecule has 0 heterocycles. The minimum Gasteiger partial charge on any atom is -0.332 e. The van der Waals surface area contributed by atoms with E-state index in [1.54, 1.807) is 17.2 Å². The van der Waals surface area contributed by atoms with E-state index in [9.17, 15) is 4.79 Å². The van der Waals surface area contributed by atoms with Crippen molar-refractivity contribution in [1.82, 2.24) is 5.48 Å². The Bertz CT molecular complexity index is 180. The van der Waals surface area contributed by atoms with Gasteiger partial charge in [0.2, 0.25) is 6.19 Å². The van der Waals surface area contributed by atoms with Crippen LogP contribution in [0.1, 0.15) is 6.42 Å². The number of hydroxylamine groups is 1. The average molecular weight is 189 g/mol. The molecule has 0 aliphatic carbocycles. The number of nitrogens with zero attached hydrogens (tertiary/aromatic N) is 1. The second-order valence-corrected chi connectivity index (χ2v) is 3.01. The Balaban J connectivity index is 3.55. The Labute approximate surface area is 75.2 Å². The number of hydrogen-bond acceptors (Lipinski definition) is 6. The number of carbonyl (C=O) groups is 1. The van der Waals surface area contributed by atoms with Gasteiger partial charge < -0.3 is 10.6 Å². The standard InChI is InChI=1S/C6H11N3O2S/c1-12-3-2-5(8)6(10)11-9-4-7/h5,9H,2-3,8H2,1H3/t5-/m0/s1. The van der Waals surface area contributed by atoms with Crippen LogP contribution in [-0.4, -0.2) is 24.0 Å². The molecule has 0 rings (SSSR count). The largest absolute Gasteiger partial charge is 0.349 e. The summed E-state index contributed by atoms with van der Waals surface area (Å²) in [7, 11) is 0. The fraction of sp³-hybridized carbons (Fsp3) is 0.667. The molecule has 0 aromatic carbocycles. The summed E-state index contributed by atoms with van der Waals surface area (Å²) in [6.45, 7) is 0. The molecule has 0 radical (unpaired) electrons. The topological polar surface area (TPSA) is 88.1 Å². The van der Waals surface area contributed by atoms with Crippen LogP contribution in [-0.2, 0) is 9.63 Å². The summed E-state index contributed by atoms with van der Waals surface area (Å²) >= 11 is 1.60. The molecule has 5 nitrogen and oxygen atoms in total. The van der Waals surface area contributed by atoms with E-state index in [4.69, 9.17) is 11.0 Å². The average Bonchev–Trinajstić information content (AvgIpc) is 2.10. The molecular formula is C6H11N3O2S. The van der Waals surface area contributed by atoms with Crippen molar-refractivity contribution in [3.8, 4) is 6.19 Å². The van der Waals surface area contributed by atoms with E-state index in [2.05, 4.69) is 4.84 Å². The zero-order chi connectivity index (χ0) is 9.40. The Morgan fingerprint density at radius 2 is 2.58 bits per heavy atom. The van der Waals surface area contributed by atoms with Crippen LogP contribution in [0, 0.1) is 11.5 Å². The van der Waals surface area contributed by atoms with Gasteiger partial charge in [0, 0.05) is 0 Å². The summed E-state index contributed by atoms with van der Waals surface area (Å²) in [6, 6.07) is -0.654. The smallest absolute Gasteiger partial charge is 0.332 e. The molecule has 0 spiro atoms. The summed E-state index contributed by atoms with van der Waals surface area (Å²) in [4.78, 5) is 15.1. The van der Waals surface area contributed by atoms with Crippen LogP contribution < -0.4 is 11.2 Å². The summed E-state index contributed by atoms with van der Waals surface area (Å²) in [5.41, 5.74) is 7.18. The van der Waals surface area contributed by atoms with E-state index in [0.29, 0.717) is 6.42 Å². The van der Waals surface area contributed by atoms with E-state index < -0.39 is 12.0 Å². The Hall–Kier alpha value is -0.930. The highest BCUT2D eigenvalue weighted by Crippen LogP contribution is 1.99. The van der Waals surface area contributed by atoms with Crippen molar-refractivity contribution in [2.45, 2.75) is 12.5 Å². The Kier molecular flexibility index (Phi) is 6.24. The summed E-state index contributed by atoms with van der Waals surface area (Å²) in [5.74, 6) is 0.189. The molecule has 1 atom stereocenters. The molecule has 6 heteroatoms. The lowest BCUT2D eigenvalue weighted by Gasteiger charge is -2.07. The molecule has 0 bridgehead atoms. The third kappa shape index (κ3) is 4.82. The van der Waals surface area contributed by atoms with Crippen molar-refractivity contribution in [3.05, 3.63) is 0 Å². The summed E-state index contributed by atoms with van der Waals surface area (Å²) in [6.07, 6.45) is 3.93. The highest BCUT2D eigenvalue weighted by Gasteiger charge is 2.14. The lowest BCUT2D eigenvalue weighted by atomic mass is 10.2. The second-order valence-electron chi connectivity index (χ2n) is 2.02. The van der Waals surface area contributed by atoms with Gasteiger partial charge in [0.15, 0.2) is 0 Å². The summed E-state index contributed by atoms with van der Waals surface area (Å²) < 4.78 is 0. The molecule has 0 fully saturated rings. The van der Waals surface area contributed by atoms with E-state index >= 15 is 0 Å². The SMILES string of the molecule is CSCC[C@H](N)C(=O)ONC#N. The number of nitrogens with two attached hydrogens (primary N) is 1. The first kappa shape index (κ1) is 11.1. The first-order chi connectivity index (χ1) is 5.72. The molecule has 12 heavy (non-hydrogen) atoms. The normalized spacial score (nSPS) is 11.4. The minimum atomic E-state index is -0.654. The molecule has 0 aliphatic heterocycles. The van der Waals surface area contributed by atoms with Crippen molar-refractivity contribution >= 4 is 17.7 Å². The first-order valence-corrected chi connectivity index (χ1v) is 4.71. The number of nitrogens with one attached hydrogen (secondary N) is 1. The van der Waals surface area contributed by atoms with E-state index in [1.807, 2.05) is 6.26 Å². The van der Waals surface area contributed by atoms with Gasteiger partial charge in [-0.2, -0.15) is 22.5 Å². The molecule has 0 aliphatic rings. The first-order valence-electron chi connectivity index (χ1n) is 3.31. The van der Waals surface area contributed by atoms with Gasteiger partial charge in [0.25, 0.3) is 0 Å². The maximum atomic E-state index is 10.8. The highest BCUT2D eigenvalue weighted by atomic mass is 32.2. The molecule has 0 amide bonds. The zero-order valence-electron chi connectivity index (χ0n) is 6.74. The van der Waals surface area contributed by atoms with Crippen LogP contribution in [0.3, 0.4) is 0 Å². The van der Waals surface area contributed by atoms with Gasteiger partial charge in [-0.15, -0.1) is 0 Å². The van der Waals surface area contributed by atoms with Gasteiger partial charge in [-0.05, 0) is 18.4 Å². The highest BCUT2D eigenvalue weighted by molar-refractivity contribution is 7.98. The van der Waals surface area contributed by atoms with Gasteiger partial charge in [-0.3, -0.25) is 0 Å². The van der Waals surface area contributed by atoms with Crippen molar-refractivity contribution in [2.75, 3.05) is 12.0 Å². The Morgan fingerprint density at radius 3 is 3.08 bits per heavy atom. The maximum Gasteiger partial charge on any atom is 0.349 e. The third-order valence-corrected chi connectivity index (χ3v) is 1.78. The molecule has 0 aromatic heterocycles. The van der Waals surface area contributed by atoms with Crippen LogP contribution in [0.2, 0.25) is 0 Å². The molecular weight excluding hydrogens is 178 g/mol. The van der Waals surface area contributed by atoms with Crippen LogP contribution in [0.4, 0.5) is 0 Å². The Morgan fingerprint density at radius 1 is 1.92 bits per heavy atom. The van der Waals surface area contributed by atoms with Gasteiger partial charge in [0.05, 0.1) is 0 Å². The van der Waals surface area contributed by atoms with Gasteiger partial charge in [0.1, 0.15) is 6.04 Å². The van der Waals surface area contributed by atoms with Crippen molar-refractivity contribution < 1.29 is 9.63 Å². The quantitative estimate of drug-likeness (QED) is 0.347. The van der Waals surface area contributed by atoms with E-state index in [-0.39, 0.29) is 0 Å². The number of hydrogen-bond donors (Lipinski definition) is 2. The number of nitriles is 1. The monoisotopic (exact) mass is 189 g/mol.